The van der Waals surface area contributed by atoms with Gasteiger partial charge in [0.05, 0.1) is 5.52 Å². The Bertz CT molecular complexity index is 947. The molecule has 2 heterocycles. The molecule has 1 aromatic heterocycles. The van der Waals surface area contributed by atoms with Gasteiger partial charge in [0.1, 0.15) is 11.4 Å². The van der Waals surface area contributed by atoms with Gasteiger partial charge in [0, 0.05) is 33.8 Å². The summed E-state index contributed by atoms with van der Waals surface area (Å²) < 4.78 is 6.24. The van der Waals surface area contributed by atoms with Gasteiger partial charge in [-0.05, 0) is 25.1 Å². The number of ether oxygens (including phenoxy) is 1. The molecule has 0 fully saturated rings. The molecule has 5 rings (SSSR count). The summed E-state index contributed by atoms with van der Waals surface area (Å²) in [6.07, 6.45) is 8.59. The van der Waals surface area contributed by atoms with Gasteiger partial charge in [-0.1, -0.05) is 36.4 Å². The summed E-state index contributed by atoms with van der Waals surface area (Å²) in [4.78, 5) is 3.49. The molecule has 0 saturated carbocycles. The van der Waals surface area contributed by atoms with Gasteiger partial charge in [0.25, 0.3) is 0 Å². The molecule has 1 N–H and O–H groups in total. The molecule has 2 atom stereocenters. The lowest BCUT2D eigenvalue weighted by Crippen LogP contribution is -2.32. The van der Waals surface area contributed by atoms with E-state index in [-0.39, 0.29) is 5.60 Å². The average molecular weight is 273 g/mol. The van der Waals surface area contributed by atoms with E-state index in [4.69, 9.17) is 4.74 Å². The number of aromatic nitrogens is 1. The second kappa shape index (κ2) is 3.59. The van der Waals surface area contributed by atoms with Crippen LogP contribution in [0.25, 0.3) is 21.8 Å². The predicted octanol–water partition coefficient (Wildman–Crippen LogP) is 4.68. The molecule has 0 radical (unpaired) electrons. The average Bonchev–Trinajstić information content (AvgIpc) is 2.98. The third kappa shape index (κ3) is 1.37. The molecule has 21 heavy (non-hydrogen) atoms. The van der Waals surface area contributed by atoms with Crippen LogP contribution in [-0.4, -0.2) is 10.6 Å². The molecule has 0 bridgehead atoms. The first-order valence-corrected chi connectivity index (χ1v) is 7.34. The van der Waals surface area contributed by atoms with Crippen LogP contribution in [0.1, 0.15) is 18.4 Å². The van der Waals surface area contributed by atoms with Crippen molar-refractivity contribution in [2.75, 3.05) is 0 Å². The van der Waals surface area contributed by atoms with Crippen molar-refractivity contribution in [3.8, 4) is 5.75 Å². The van der Waals surface area contributed by atoms with E-state index < -0.39 is 0 Å². The highest BCUT2D eigenvalue weighted by molar-refractivity contribution is 6.08. The number of aromatic amines is 1. The van der Waals surface area contributed by atoms with Crippen molar-refractivity contribution in [2.45, 2.75) is 18.4 Å². The van der Waals surface area contributed by atoms with Crippen LogP contribution in [-0.2, 0) is 0 Å². The summed E-state index contributed by atoms with van der Waals surface area (Å²) in [5, 5.41) is 2.55. The first-order valence-electron chi connectivity index (χ1n) is 7.34. The fraction of sp³-hybridized carbons (Fsp3) is 0.158. The van der Waals surface area contributed by atoms with Gasteiger partial charge in [0.15, 0.2) is 0 Å². The van der Waals surface area contributed by atoms with E-state index >= 15 is 0 Å². The molecule has 2 unspecified atom stereocenters. The topological polar surface area (TPSA) is 25.0 Å². The van der Waals surface area contributed by atoms with Crippen LogP contribution in [0.3, 0.4) is 0 Å². The molecule has 2 aliphatic rings. The normalized spacial score (nSPS) is 26.0. The van der Waals surface area contributed by atoms with Gasteiger partial charge in [0.2, 0.25) is 0 Å². The molecule has 2 aromatic carbocycles. The van der Waals surface area contributed by atoms with Crippen LogP contribution < -0.4 is 4.74 Å². The van der Waals surface area contributed by atoms with Crippen LogP contribution in [0.15, 0.2) is 60.7 Å². The van der Waals surface area contributed by atoms with Crippen molar-refractivity contribution in [1.29, 1.82) is 0 Å². The molecule has 2 nitrogen and oxygen atoms in total. The fourth-order valence-corrected chi connectivity index (χ4v) is 3.69. The molecule has 102 valence electrons. The lowest BCUT2D eigenvalue weighted by atomic mass is 9.82. The van der Waals surface area contributed by atoms with E-state index in [1.165, 1.54) is 21.9 Å². The molecular formula is C19H15NO. The first kappa shape index (κ1) is 11.2. The Labute approximate surface area is 122 Å². The summed E-state index contributed by atoms with van der Waals surface area (Å²) in [7, 11) is 0. The number of fused-ring (bicyclic) bond motifs is 6. The Morgan fingerprint density at radius 3 is 2.90 bits per heavy atom. The van der Waals surface area contributed by atoms with Crippen LogP contribution in [0.4, 0.5) is 0 Å². The van der Waals surface area contributed by atoms with Crippen LogP contribution >= 0.6 is 0 Å². The Morgan fingerprint density at radius 2 is 1.95 bits per heavy atom. The summed E-state index contributed by atoms with van der Waals surface area (Å²) >= 11 is 0. The van der Waals surface area contributed by atoms with Gasteiger partial charge < -0.3 is 9.72 Å². The number of hydrogen-bond donors (Lipinski definition) is 1. The number of rotatable bonds is 0. The highest BCUT2D eigenvalue weighted by Crippen LogP contribution is 2.49. The molecule has 1 aliphatic heterocycles. The molecule has 2 heteroatoms. The zero-order valence-corrected chi connectivity index (χ0v) is 11.8. The van der Waals surface area contributed by atoms with Gasteiger partial charge in [-0.15, -0.1) is 0 Å². The maximum Gasteiger partial charge on any atom is 0.135 e. The number of para-hydroxylation sites is 1. The maximum atomic E-state index is 6.24. The Hall–Kier alpha value is -2.48. The minimum atomic E-state index is -0.244. The van der Waals surface area contributed by atoms with Crippen molar-refractivity contribution in [1.82, 2.24) is 4.98 Å². The summed E-state index contributed by atoms with van der Waals surface area (Å²) in [6, 6.07) is 12.9. The van der Waals surface area contributed by atoms with E-state index in [1.807, 2.05) is 0 Å². The lowest BCUT2D eigenvalue weighted by molar-refractivity contribution is 0.155. The molecule has 0 saturated heterocycles. The smallest absolute Gasteiger partial charge is 0.135 e. The van der Waals surface area contributed by atoms with Gasteiger partial charge in [-0.3, -0.25) is 0 Å². The van der Waals surface area contributed by atoms with Crippen LogP contribution in [0.2, 0.25) is 0 Å². The third-order valence-electron chi connectivity index (χ3n) is 4.76. The van der Waals surface area contributed by atoms with Crippen molar-refractivity contribution in [3.63, 3.8) is 0 Å². The van der Waals surface area contributed by atoms with Crippen molar-refractivity contribution in [3.05, 3.63) is 66.3 Å². The molecule has 0 amide bonds. The zero-order chi connectivity index (χ0) is 14.0. The number of nitrogens with one attached hydrogen (secondary N) is 1. The zero-order valence-electron chi connectivity index (χ0n) is 11.8. The monoisotopic (exact) mass is 273 g/mol. The predicted molar refractivity (Wildman–Crippen MR) is 85.9 cm³/mol. The van der Waals surface area contributed by atoms with Crippen LogP contribution in [0, 0.1) is 0 Å². The Kier molecular flexibility index (Phi) is 1.91. The highest BCUT2D eigenvalue weighted by atomic mass is 16.5. The fourth-order valence-electron chi connectivity index (χ4n) is 3.69. The SMILES string of the molecule is CC12C=CC=CC1c1cc3c(cc1O2)[nH]c1ccccc13. The molecular weight excluding hydrogens is 258 g/mol. The molecule has 1 aliphatic carbocycles. The van der Waals surface area contributed by atoms with E-state index in [9.17, 15) is 0 Å². The first-order chi connectivity index (χ1) is 10.2. The third-order valence-corrected chi connectivity index (χ3v) is 4.76. The quantitative estimate of drug-likeness (QED) is 0.632. The maximum absolute atomic E-state index is 6.24. The summed E-state index contributed by atoms with van der Waals surface area (Å²) in [5.74, 6) is 1.30. The second-order valence-electron chi connectivity index (χ2n) is 6.11. The van der Waals surface area contributed by atoms with Crippen molar-refractivity contribution < 1.29 is 4.74 Å². The van der Waals surface area contributed by atoms with E-state index in [1.54, 1.807) is 0 Å². The van der Waals surface area contributed by atoms with Crippen molar-refractivity contribution >= 4 is 21.8 Å². The summed E-state index contributed by atoms with van der Waals surface area (Å²) in [6.45, 7) is 2.16. The number of allylic oxidation sites excluding steroid dienone is 2. The van der Waals surface area contributed by atoms with Gasteiger partial charge in [-0.25, -0.2) is 0 Å². The van der Waals surface area contributed by atoms with Gasteiger partial charge in [-0.2, -0.15) is 0 Å². The van der Waals surface area contributed by atoms with Crippen molar-refractivity contribution in [2.24, 2.45) is 0 Å². The highest BCUT2D eigenvalue weighted by Gasteiger charge is 2.42. The molecule has 3 aromatic rings. The minimum Gasteiger partial charge on any atom is -0.482 e. The number of benzene rings is 2. The van der Waals surface area contributed by atoms with Crippen LogP contribution in [0.5, 0.6) is 5.75 Å². The van der Waals surface area contributed by atoms with E-state index in [0.717, 1.165) is 11.3 Å². The number of H-pyrrole nitrogens is 1. The van der Waals surface area contributed by atoms with E-state index in [2.05, 4.69) is 72.6 Å². The minimum absolute atomic E-state index is 0.244. The number of hydrogen-bond acceptors (Lipinski definition) is 1. The Morgan fingerprint density at radius 1 is 1.05 bits per heavy atom. The van der Waals surface area contributed by atoms with Gasteiger partial charge >= 0.3 is 0 Å². The summed E-state index contributed by atoms with van der Waals surface area (Å²) in [5.41, 5.74) is 3.37. The van der Waals surface area contributed by atoms with E-state index in [0.29, 0.717) is 5.92 Å². The lowest BCUT2D eigenvalue weighted by Gasteiger charge is -2.27. The molecule has 0 spiro atoms. The standard InChI is InChI=1S/C19H15NO/c1-19-9-5-4-7-15(19)14-10-13-12-6-2-3-8-16(12)20-17(13)11-18(14)21-19/h2-11,15,20H,1H3. The Balaban J connectivity index is 1.83. The second-order valence-corrected chi connectivity index (χ2v) is 6.11. The largest absolute Gasteiger partial charge is 0.482 e.